The molecule has 1 aliphatic rings. The smallest absolute Gasteiger partial charge is 0.253 e. The molecule has 2 atom stereocenters. The first-order valence-corrected chi connectivity index (χ1v) is 10.3. The van der Waals surface area contributed by atoms with Crippen LogP contribution in [0.15, 0.2) is 48.5 Å². The van der Waals surface area contributed by atoms with Crippen LogP contribution in [0, 0.1) is 11.8 Å². The zero-order chi connectivity index (χ0) is 21.7. The molecule has 1 aliphatic heterocycles. The molecule has 2 aromatic carbocycles. The molecular formula is C24H30N2O4. The molecule has 6 heteroatoms. The number of carbonyl (C=O) groups is 2. The molecule has 6 nitrogen and oxygen atoms in total. The van der Waals surface area contributed by atoms with Gasteiger partial charge in [0.15, 0.2) is 0 Å². The molecule has 0 aromatic heterocycles. The molecule has 0 spiro atoms. The lowest BCUT2D eigenvalue weighted by Gasteiger charge is -2.21. The molecule has 2 aromatic rings. The van der Waals surface area contributed by atoms with Crippen LogP contribution >= 0.6 is 0 Å². The number of ether oxygens (including phenoxy) is 2. The number of nitrogens with one attached hydrogen (secondary N) is 1. The van der Waals surface area contributed by atoms with Gasteiger partial charge in [0.1, 0.15) is 11.5 Å². The highest BCUT2D eigenvalue weighted by atomic mass is 16.5. The van der Waals surface area contributed by atoms with Gasteiger partial charge in [-0.1, -0.05) is 32.0 Å². The standard InChI is InChI=1S/C24H30N2O4/c1-16(2)13-25-23(27)21-15-26(24(28)17-8-6-5-7-9-17)14-20(21)19-12-18(29-3)10-11-22(19)30-4/h5-12,16,20-21H,13-15H2,1-4H3,(H,25,27)/t20-,21+/m1/s1. The van der Waals surface area contributed by atoms with Crippen LogP contribution in [0.2, 0.25) is 0 Å². The van der Waals surface area contributed by atoms with Gasteiger partial charge in [0.25, 0.3) is 5.91 Å². The Morgan fingerprint density at radius 3 is 2.43 bits per heavy atom. The Morgan fingerprint density at radius 2 is 1.80 bits per heavy atom. The molecule has 1 saturated heterocycles. The topological polar surface area (TPSA) is 67.9 Å². The number of carbonyl (C=O) groups excluding carboxylic acids is 2. The van der Waals surface area contributed by atoms with Gasteiger partial charge in [-0.25, -0.2) is 0 Å². The average molecular weight is 411 g/mol. The van der Waals surface area contributed by atoms with Gasteiger partial charge in [-0.3, -0.25) is 9.59 Å². The highest BCUT2D eigenvalue weighted by Gasteiger charge is 2.41. The number of benzene rings is 2. The fourth-order valence-corrected chi connectivity index (χ4v) is 3.88. The van der Waals surface area contributed by atoms with Crippen molar-refractivity contribution in [2.24, 2.45) is 11.8 Å². The van der Waals surface area contributed by atoms with Gasteiger partial charge in [-0.15, -0.1) is 0 Å². The maximum atomic E-state index is 13.1. The third kappa shape index (κ3) is 4.75. The van der Waals surface area contributed by atoms with Gasteiger partial charge in [-0.2, -0.15) is 0 Å². The van der Waals surface area contributed by atoms with Crippen molar-refractivity contribution in [2.45, 2.75) is 19.8 Å². The van der Waals surface area contributed by atoms with E-state index in [9.17, 15) is 9.59 Å². The van der Waals surface area contributed by atoms with E-state index < -0.39 is 0 Å². The van der Waals surface area contributed by atoms with Crippen molar-refractivity contribution in [2.75, 3.05) is 33.9 Å². The highest BCUT2D eigenvalue weighted by molar-refractivity contribution is 5.95. The lowest BCUT2D eigenvalue weighted by Crippen LogP contribution is -2.37. The van der Waals surface area contributed by atoms with Crippen LogP contribution in [0.3, 0.4) is 0 Å². The lowest BCUT2D eigenvalue weighted by atomic mass is 9.87. The van der Waals surface area contributed by atoms with Crippen LogP contribution in [0.1, 0.15) is 35.7 Å². The van der Waals surface area contributed by atoms with Crippen LogP contribution in [0.4, 0.5) is 0 Å². The van der Waals surface area contributed by atoms with Crippen LogP contribution in [0.25, 0.3) is 0 Å². The number of methoxy groups -OCH3 is 2. The summed E-state index contributed by atoms with van der Waals surface area (Å²) in [5.74, 6) is 1.08. The van der Waals surface area contributed by atoms with Crippen molar-refractivity contribution in [3.63, 3.8) is 0 Å². The number of amides is 2. The second kappa shape index (κ2) is 9.65. The second-order valence-corrected chi connectivity index (χ2v) is 8.04. The van der Waals surface area contributed by atoms with Crippen molar-refractivity contribution in [3.8, 4) is 11.5 Å². The fraction of sp³-hybridized carbons (Fsp3) is 0.417. The molecule has 160 valence electrons. The number of likely N-dealkylation sites (tertiary alicyclic amines) is 1. The summed E-state index contributed by atoms with van der Waals surface area (Å²) in [7, 11) is 3.22. The minimum atomic E-state index is -0.364. The third-order valence-corrected chi connectivity index (χ3v) is 5.49. The van der Waals surface area contributed by atoms with E-state index in [0.29, 0.717) is 42.6 Å². The Hall–Kier alpha value is -3.02. The van der Waals surface area contributed by atoms with Crippen molar-refractivity contribution < 1.29 is 19.1 Å². The predicted octanol–water partition coefficient (Wildman–Crippen LogP) is 3.33. The van der Waals surface area contributed by atoms with E-state index in [1.807, 2.05) is 36.4 Å². The normalized spacial score (nSPS) is 18.4. The molecule has 0 aliphatic carbocycles. The molecule has 3 rings (SSSR count). The van der Waals surface area contributed by atoms with Crippen LogP contribution in [-0.2, 0) is 4.79 Å². The molecule has 0 radical (unpaired) electrons. The number of nitrogens with zero attached hydrogens (tertiary/aromatic N) is 1. The van der Waals surface area contributed by atoms with Gasteiger partial charge >= 0.3 is 0 Å². The Bertz CT molecular complexity index is 882. The number of hydrogen-bond donors (Lipinski definition) is 1. The molecule has 0 bridgehead atoms. The highest BCUT2D eigenvalue weighted by Crippen LogP contribution is 2.40. The van der Waals surface area contributed by atoms with E-state index >= 15 is 0 Å². The summed E-state index contributed by atoms with van der Waals surface area (Å²) in [6, 6.07) is 14.8. The van der Waals surface area contributed by atoms with E-state index in [1.54, 1.807) is 31.3 Å². The zero-order valence-electron chi connectivity index (χ0n) is 18.1. The molecule has 1 fully saturated rings. The Morgan fingerprint density at radius 1 is 1.07 bits per heavy atom. The second-order valence-electron chi connectivity index (χ2n) is 8.04. The predicted molar refractivity (Wildman–Crippen MR) is 116 cm³/mol. The van der Waals surface area contributed by atoms with Crippen molar-refractivity contribution in [1.29, 1.82) is 0 Å². The average Bonchev–Trinajstić information content (AvgIpc) is 3.22. The first kappa shape index (κ1) is 21.7. The summed E-state index contributed by atoms with van der Waals surface area (Å²) >= 11 is 0. The Balaban J connectivity index is 1.93. The first-order chi connectivity index (χ1) is 14.4. The zero-order valence-corrected chi connectivity index (χ0v) is 18.1. The Kier molecular flexibility index (Phi) is 6.98. The van der Waals surface area contributed by atoms with Crippen LogP contribution in [0.5, 0.6) is 11.5 Å². The molecule has 1 N–H and O–H groups in total. The van der Waals surface area contributed by atoms with Gasteiger partial charge < -0.3 is 19.7 Å². The van der Waals surface area contributed by atoms with Crippen molar-refractivity contribution >= 4 is 11.8 Å². The summed E-state index contributed by atoms with van der Waals surface area (Å²) in [6.07, 6.45) is 0. The first-order valence-electron chi connectivity index (χ1n) is 10.3. The quantitative estimate of drug-likeness (QED) is 0.760. The largest absolute Gasteiger partial charge is 0.497 e. The van der Waals surface area contributed by atoms with Gasteiger partial charge in [0.2, 0.25) is 5.91 Å². The van der Waals surface area contributed by atoms with E-state index in [-0.39, 0.29) is 23.7 Å². The lowest BCUT2D eigenvalue weighted by molar-refractivity contribution is -0.125. The minimum Gasteiger partial charge on any atom is -0.497 e. The summed E-state index contributed by atoms with van der Waals surface area (Å²) in [6.45, 7) is 5.52. The molecular weight excluding hydrogens is 380 g/mol. The van der Waals surface area contributed by atoms with E-state index in [4.69, 9.17) is 9.47 Å². The maximum Gasteiger partial charge on any atom is 0.253 e. The summed E-state index contributed by atoms with van der Waals surface area (Å²) in [5, 5.41) is 3.04. The van der Waals surface area contributed by atoms with E-state index in [2.05, 4.69) is 19.2 Å². The summed E-state index contributed by atoms with van der Waals surface area (Å²) < 4.78 is 11.0. The van der Waals surface area contributed by atoms with E-state index in [1.165, 1.54) is 0 Å². The fourth-order valence-electron chi connectivity index (χ4n) is 3.88. The van der Waals surface area contributed by atoms with Crippen LogP contribution in [-0.4, -0.2) is 50.6 Å². The summed E-state index contributed by atoms with van der Waals surface area (Å²) in [4.78, 5) is 27.9. The van der Waals surface area contributed by atoms with Gasteiger partial charge in [-0.05, 0) is 36.2 Å². The van der Waals surface area contributed by atoms with Crippen LogP contribution < -0.4 is 14.8 Å². The number of rotatable bonds is 7. The van der Waals surface area contributed by atoms with Gasteiger partial charge in [0, 0.05) is 36.7 Å². The molecule has 0 saturated carbocycles. The van der Waals surface area contributed by atoms with E-state index in [0.717, 1.165) is 5.56 Å². The summed E-state index contributed by atoms with van der Waals surface area (Å²) in [5.41, 5.74) is 1.50. The van der Waals surface area contributed by atoms with Crippen molar-refractivity contribution in [1.82, 2.24) is 10.2 Å². The maximum absolute atomic E-state index is 13.1. The third-order valence-electron chi connectivity index (χ3n) is 5.49. The van der Waals surface area contributed by atoms with Gasteiger partial charge in [0.05, 0.1) is 20.1 Å². The molecule has 30 heavy (non-hydrogen) atoms. The van der Waals surface area contributed by atoms with Crippen molar-refractivity contribution in [3.05, 3.63) is 59.7 Å². The molecule has 1 heterocycles. The number of hydrogen-bond acceptors (Lipinski definition) is 4. The molecule has 0 unspecified atom stereocenters. The monoisotopic (exact) mass is 410 g/mol. The Labute approximate surface area is 178 Å². The minimum absolute atomic E-state index is 0.0399. The molecule has 2 amide bonds. The SMILES string of the molecule is COc1ccc(OC)c([C@H]2CN(C(=O)c3ccccc3)C[C@@H]2C(=O)NCC(C)C)c1.